The predicted octanol–water partition coefficient (Wildman–Crippen LogP) is 4.85. The van der Waals surface area contributed by atoms with Gasteiger partial charge in [0.25, 0.3) is 0 Å². The lowest BCUT2D eigenvalue weighted by Gasteiger charge is -2.30. The summed E-state index contributed by atoms with van der Waals surface area (Å²) in [6, 6.07) is 13.9. The number of halogens is 1. The van der Waals surface area contributed by atoms with Crippen molar-refractivity contribution < 1.29 is 9.53 Å². The summed E-state index contributed by atoms with van der Waals surface area (Å²) >= 11 is 3.52. The fourth-order valence-corrected chi connectivity index (χ4v) is 3.52. The van der Waals surface area contributed by atoms with E-state index in [4.69, 9.17) is 4.74 Å². The summed E-state index contributed by atoms with van der Waals surface area (Å²) in [6.07, 6.45) is 1.69. The molecule has 0 unspecified atom stereocenters. The first kappa shape index (κ1) is 15.1. The predicted molar refractivity (Wildman–Crippen MR) is 91.2 cm³/mol. The number of carbonyl (C=O) groups is 1. The molecule has 1 heterocycles. The number of hydrogen-bond acceptors (Lipinski definition) is 2. The van der Waals surface area contributed by atoms with Gasteiger partial charge in [-0.05, 0) is 48.6 Å². The van der Waals surface area contributed by atoms with E-state index in [0.29, 0.717) is 13.2 Å². The average molecular weight is 360 g/mol. The van der Waals surface area contributed by atoms with Crippen LogP contribution in [0.2, 0.25) is 0 Å². The van der Waals surface area contributed by atoms with E-state index in [1.807, 2.05) is 43.3 Å². The van der Waals surface area contributed by atoms with Crippen molar-refractivity contribution in [3.05, 3.63) is 63.6 Å². The van der Waals surface area contributed by atoms with Gasteiger partial charge in [-0.15, -0.1) is 0 Å². The second kappa shape index (κ2) is 6.53. The molecule has 3 rings (SSSR count). The van der Waals surface area contributed by atoms with Gasteiger partial charge in [-0.2, -0.15) is 0 Å². The molecule has 1 aliphatic rings. The van der Waals surface area contributed by atoms with Crippen LogP contribution in [0.1, 0.15) is 23.1 Å². The maximum absolute atomic E-state index is 12.5. The van der Waals surface area contributed by atoms with E-state index in [9.17, 15) is 4.79 Å². The van der Waals surface area contributed by atoms with Crippen LogP contribution in [-0.4, -0.2) is 12.6 Å². The molecule has 0 saturated heterocycles. The molecule has 0 aliphatic carbocycles. The molecule has 4 heteroatoms. The Morgan fingerprint density at radius 3 is 2.82 bits per heavy atom. The lowest BCUT2D eigenvalue weighted by Crippen LogP contribution is -2.36. The van der Waals surface area contributed by atoms with Crippen LogP contribution >= 0.6 is 15.9 Å². The fourth-order valence-electron chi connectivity index (χ4n) is 2.90. The molecule has 1 amide bonds. The second-order valence-electron chi connectivity index (χ2n) is 5.53. The van der Waals surface area contributed by atoms with E-state index >= 15 is 0 Å². The van der Waals surface area contributed by atoms with Crippen LogP contribution in [0.25, 0.3) is 0 Å². The number of hydrogen-bond donors (Lipinski definition) is 0. The molecular weight excluding hydrogens is 342 g/mol. The van der Waals surface area contributed by atoms with Crippen molar-refractivity contribution in [3.8, 4) is 0 Å². The summed E-state index contributed by atoms with van der Waals surface area (Å²) in [5.41, 5.74) is 4.31. The highest BCUT2D eigenvalue weighted by Gasteiger charge is 2.25. The van der Waals surface area contributed by atoms with Crippen molar-refractivity contribution in [2.24, 2.45) is 0 Å². The maximum atomic E-state index is 12.5. The van der Waals surface area contributed by atoms with Gasteiger partial charge in [0, 0.05) is 11.0 Å². The number of anilines is 1. The van der Waals surface area contributed by atoms with Crippen LogP contribution in [0, 0.1) is 6.92 Å². The number of carbonyl (C=O) groups excluding carboxylic acids is 1. The Bertz CT molecular complexity index is 685. The Kier molecular flexibility index (Phi) is 4.48. The number of ether oxygens (including phenoxy) is 1. The van der Waals surface area contributed by atoms with E-state index in [1.165, 1.54) is 5.56 Å². The minimum atomic E-state index is -0.268. The van der Waals surface area contributed by atoms with E-state index < -0.39 is 0 Å². The second-order valence-corrected chi connectivity index (χ2v) is 6.44. The van der Waals surface area contributed by atoms with Crippen molar-refractivity contribution in [2.45, 2.75) is 26.4 Å². The highest BCUT2D eigenvalue weighted by Crippen LogP contribution is 2.33. The molecule has 0 saturated carbocycles. The quantitative estimate of drug-likeness (QED) is 0.767. The lowest BCUT2D eigenvalue weighted by atomic mass is 9.99. The normalized spacial score (nSPS) is 13.6. The molecule has 1 aliphatic heterocycles. The molecule has 0 aromatic heterocycles. The third kappa shape index (κ3) is 3.17. The van der Waals surface area contributed by atoms with Gasteiger partial charge in [-0.3, -0.25) is 4.90 Å². The first-order chi connectivity index (χ1) is 10.6. The van der Waals surface area contributed by atoms with Crippen LogP contribution in [0.4, 0.5) is 10.5 Å². The van der Waals surface area contributed by atoms with Crippen molar-refractivity contribution >= 4 is 27.7 Å². The van der Waals surface area contributed by atoms with E-state index in [0.717, 1.165) is 34.1 Å². The van der Waals surface area contributed by atoms with Gasteiger partial charge in [0.1, 0.15) is 6.61 Å². The minimum Gasteiger partial charge on any atom is -0.444 e. The Labute approximate surface area is 139 Å². The number of rotatable bonds is 2. The molecule has 0 N–H and O–H groups in total. The summed E-state index contributed by atoms with van der Waals surface area (Å²) in [7, 11) is 0. The van der Waals surface area contributed by atoms with Crippen molar-refractivity contribution in [2.75, 3.05) is 11.4 Å². The van der Waals surface area contributed by atoms with Gasteiger partial charge in [0.15, 0.2) is 0 Å². The fraction of sp³-hybridized carbons (Fsp3) is 0.278. The molecule has 0 atom stereocenters. The van der Waals surface area contributed by atoms with Gasteiger partial charge < -0.3 is 4.74 Å². The summed E-state index contributed by atoms with van der Waals surface area (Å²) in [5.74, 6) is 0. The van der Waals surface area contributed by atoms with Crippen molar-refractivity contribution in [1.29, 1.82) is 0 Å². The van der Waals surface area contributed by atoms with Gasteiger partial charge in [0.2, 0.25) is 0 Å². The minimum absolute atomic E-state index is 0.268. The number of aryl methyl sites for hydroxylation is 2. The highest BCUT2D eigenvalue weighted by atomic mass is 79.9. The number of benzene rings is 2. The molecule has 114 valence electrons. The summed E-state index contributed by atoms with van der Waals surface area (Å²) < 4.78 is 6.54. The van der Waals surface area contributed by atoms with Gasteiger partial charge in [-0.25, -0.2) is 4.79 Å². The summed E-state index contributed by atoms with van der Waals surface area (Å²) in [5, 5.41) is 0. The third-order valence-corrected chi connectivity index (χ3v) is 4.33. The maximum Gasteiger partial charge on any atom is 0.414 e. The van der Waals surface area contributed by atoms with Crippen LogP contribution < -0.4 is 4.90 Å². The van der Waals surface area contributed by atoms with Gasteiger partial charge in [-0.1, -0.05) is 46.3 Å². The Hall–Kier alpha value is -1.81. The molecule has 2 aromatic carbocycles. The molecule has 0 spiro atoms. The number of amides is 1. The van der Waals surface area contributed by atoms with Gasteiger partial charge in [0.05, 0.1) is 5.69 Å². The zero-order valence-electron chi connectivity index (χ0n) is 12.5. The average Bonchev–Trinajstić information content (AvgIpc) is 2.52. The van der Waals surface area contributed by atoms with E-state index in [-0.39, 0.29) is 6.09 Å². The molecule has 0 bridgehead atoms. The first-order valence-electron chi connectivity index (χ1n) is 7.42. The van der Waals surface area contributed by atoms with Crippen LogP contribution in [0.15, 0.2) is 46.9 Å². The van der Waals surface area contributed by atoms with E-state index in [1.54, 1.807) is 4.90 Å². The molecular formula is C18H18BrNO2. The summed E-state index contributed by atoms with van der Waals surface area (Å²) in [4.78, 5) is 14.2. The Morgan fingerprint density at radius 2 is 2.05 bits per heavy atom. The number of nitrogens with zero attached hydrogens (tertiary/aromatic N) is 1. The number of fused-ring (bicyclic) bond motifs is 1. The van der Waals surface area contributed by atoms with Crippen LogP contribution in [-0.2, 0) is 17.8 Å². The highest BCUT2D eigenvalue weighted by molar-refractivity contribution is 9.10. The third-order valence-electron chi connectivity index (χ3n) is 3.87. The van der Waals surface area contributed by atoms with Crippen molar-refractivity contribution in [1.82, 2.24) is 0 Å². The Morgan fingerprint density at radius 1 is 1.27 bits per heavy atom. The molecule has 2 aromatic rings. The summed E-state index contributed by atoms with van der Waals surface area (Å²) in [6.45, 7) is 3.05. The molecule has 0 fully saturated rings. The smallest absolute Gasteiger partial charge is 0.414 e. The monoisotopic (exact) mass is 359 g/mol. The standard InChI is InChI=1S/C18H18BrNO2/c1-13-10-16(19)11-15-8-5-9-20(17(13)15)18(21)22-12-14-6-3-2-4-7-14/h2-4,6-7,10-11H,5,8-9,12H2,1H3. The van der Waals surface area contributed by atoms with Gasteiger partial charge >= 0.3 is 6.09 Å². The van der Waals surface area contributed by atoms with Crippen molar-refractivity contribution in [3.63, 3.8) is 0 Å². The topological polar surface area (TPSA) is 29.5 Å². The zero-order valence-corrected chi connectivity index (χ0v) is 14.1. The zero-order chi connectivity index (χ0) is 15.5. The molecule has 22 heavy (non-hydrogen) atoms. The van der Waals surface area contributed by atoms with Crippen LogP contribution in [0.3, 0.4) is 0 Å². The molecule has 3 nitrogen and oxygen atoms in total. The largest absolute Gasteiger partial charge is 0.444 e. The first-order valence-corrected chi connectivity index (χ1v) is 8.21. The van der Waals surface area contributed by atoms with Crippen LogP contribution in [0.5, 0.6) is 0 Å². The SMILES string of the molecule is Cc1cc(Br)cc2c1N(C(=O)OCc1ccccc1)CCC2. The molecule has 0 radical (unpaired) electrons. The van der Waals surface area contributed by atoms with E-state index in [2.05, 4.69) is 22.0 Å². The Balaban J connectivity index is 1.77. The lowest BCUT2D eigenvalue weighted by molar-refractivity contribution is 0.146.